The van der Waals surface area contributed by atoms with Crippen LogP contribution >= 0.6 is 0 Å². The lowest BCUT2D eigenvalue weighted by atomic mass is 10.1. The van der Waals surface area contributed by atoms with E-state index in [0.717, 1.165) is 28.2 Å². The van der Waals surface area contributed by atoms with Gasteiger partial charge >= 0.3 is 0 Å². The Labute approximate surface area is 197 Å². The molecule has 0 aliphatic carbocycles. The molecule has 3 N–H and O–H groups in total. The third-order valence-corrected chi connectivity index (χ3v) is 6.46. The highest BCUT2D eigenvalue weighted by atomic mass is 32.2. The number of aromatic nitrogens is 1. The van der Waals surface area contributed by atoms with E-state index >= 15 is 0 Å². The normalized spacial score (nSPS) is 12.2. The number of amides is 1. The monoisotopic (exact) mass is 486 g/mol. The van der Waals surface area contributed by atoms with Gasteiger partial charge in [0.1, 0.15) is 12.6 Å². The molecule has 34 heavy (non-hydrogen) atoms. The van der Waals surface area contributed by atoms with Crippen LogP contribution in [0, 0.1) is 17.0 Å². The largest absolute Gasteiger partial charge is 0.354 e. The predicted octanol–water partition coefficient (Wildman–Crippen LogP) is 2.05. The summed E-state index contributed by atoms with van der Waals surface area (Å²) in [4.78, 5) is 26.7. The molecule has 1 atom stereocenters. The van der Waals surface area contributed by atoms with Crippen LogP contribution in [0.5, 0.6) is 0 Å². The lowest BCUT2D eigenvalue weighted by molar-refractivity contribution is -0.757. The molecule has 10 nitrogen and oxygen atoms in total. The molecule has 0 saturated carbocycles. The molecule has 2 aromatic carbocycles. The van der Waals surface area contributed by atoms with Crippen LogP contribution in [-0.4, -0.2) is 49.4 Å². The number of hydrogen-bond donors (Lipinski definition) is 2. The smallest absolute Gasteiger partial charge is 0.294 e. The molecule has 1 amide bonds. The van der Waals surface area contributed by atoms with Crippen LogP contribution in [0.2, 0.25) is 0 Å². The summed E-state index contributed by atoms with van der Waals surface area (Å²) in [6.45, 7) is 1.72. The minimum absolute atomic E-state index is 0.242. The van der Waals surface area contributed by atoms with E-state index in [-0.39, 0.29) is 11.4 Å². The Bertz CT molecular complexity index is 1270. The number of sulfone groups is 1. The van der Waals surface area contributed by atoms with E-state index < -0.39 is 33.5 Å². The summed E-state index contributed by atoms with van der Waals surface area (Å²) in [5, 5.41) is 11.9. The molecular formula is C23H26N4O6S. The SMILES string of the molecule is Cc1c(CCNC(=O)C(N)CO[N+](=O)[O-])cc(-c2ccc(S(C)(=O)=O)cc2)n1-c1ccccc1. The Morgan fingerprint density at radius 2 is 1.82 bits per heavy atom. The number of carbonyl (C=O) groups excluding carboxylic acids is 1. The van der Waals surface area contributed by atoms with Crippen LogP contribution < -0.4 is 11.1 Å². The average Bonchev–Trinajstić information content (AvgIpc) is 3.13. The topological polar surface area (TPSA) is 147 Å². The molecule has 0 saturated heterocycles. The van der Waals surface area contributed by atoms with Crippen LogP contribution in [0.25, 0.3) is 16.9 Å². The second-order valence-electron chi connectivity index (χ2n) is 7.77. The van der Waals surface area contributed by atoms with Crippen molar-refractivity contribution in [2.45, 2.75) is 24.3 Å². The van der Waals surface area contributed by atoms with Gasteiger partial charge in [-0.2, -0.15) is 0 Å². The standard InChI is InChI=1S/C23H26N4O6S/c1-16-18(12-13-25-23(28)21(24)15-33-27(29)30)14-22(26(16)19-6-4-3-5-7-19)17-8-10-20(11-9-17)34(2,31)32/h3-11,14,21H,12-13,15,24H2,1-2H3,(H,25,28). The average molecular weight is 487 g/mol. The quantitative estimate of drug-likeness (QED) is 0.329. The Morgan fingerprint density at radius 3 is 2.41 bits per heavy atom. The van der Waals surface area contributed by atoms with Gasteiger partial charge in [-0.15, -0.1) is 10.1 Å². The molecule has 0 aliphatic heterocycles. The first-order valence-corrected chi connectivity index (χ1v) is 12.3. The Balaban J connectivity index is 1.85. The number of carbonyl (C=O) groups is 1. The first-order valence-electron chi connectivity index (χ1n) is 10.5. The third-order valence-electron chi connectivity index (χ3n) is 5.33. The molecule has 0 radical (unpaired) electrons. The van der Waals surface area contributed by atoms with E-state index in [1.165, 1.54) is 6.26 Å². The van der Waals surface area contributed by atoms with Crippen molar-refractivity contribution in [3.63, 3.8) is 0 Å². The highest BCUT2D eigenvalue weighted by Crippen LogP contribution is 2.30. The van der Waals surface area contributed by atoms with E-state index in [0.29, 0.717) is 6.42 Å². The van der Waals surface area contributed by atoms with Crippen molar-refractivity contribution < 1.29 is 23.1 Å². The fourth-order valence-electron chi connectivity index (χ4n) is 3.57. The predicted molar refractivity (Wildman–Crippen MR) is 127 cm³/mol. The van der Waals surface area contributed by atoms with E-state index in [4.69, 9.17) is 5.73 Å². The molecule has 1 aromatic heterocycles. The first-order chi connectivity index (χ1) is 16.1. The van der Waals surface area contributed by atoms with Crippen LogP contribution in [0.15, 0.2) is 65.6 Å². The number of rotatable bonds is 10. The summed E-state index contributed by atoms with van der Waals surface area (Å²) in [5.41, 5.74) is 10.2. The van der Waals surface area contributed by atoms with Gasteiger partial charge < -0.3 is 20.5 Å². The van der Waals surface area contributed by atoms with Gasteiger partial charge in [0.05, 0.1) is 10.6 Å². The lowest BCUT2D eigenvalue weighted by Crippen LogP contribution is -2.44. The maximum Gasteiger partial charge on any atom is 0.294 e. The number of benzene rings is 2. The summed E-state index contributed by atoms with van der Waals surface area (Å²) in [6.07, 6.45) is 1.66. The zero-order chi connectivity index (χ0) is 24.9. The molecule has 0 aliphatic rings. The van der Waals surface area contributed by atoms with Gasteiger partial charge in [0, 0.05) is 24.2 Å². The second kappa shape index (κ2) is 10.5. The van der Waals surface area contributed by atoms with Gasteiger partial charge in [-0.05, 0) is 54.8 Å². The van der Waals surface area contributed by atoms with Gasteiger partial charge in [-0.3, -0.25) is 4.79 Å². The van der Waals surface area contributed by atoms with E-state index in [1.807, 2.05) is 43.3 Å². The fraction of sp³-hybridized carbons (Fsp3) is 0.261. The number of nitrogens with two attached hydrogens (primary N) is 1. The minimum Gasteiger partial charge on any atom is -0.354 e. The van der Waals surface area contributed by atoms with Gasteiger partial charge in [-0.25, -0.2) is 8.42 Å². The minimum atomic E-state index is -3.31. The highest BCUT2D eigenvalue weighted by molar-refractivity contribution is 7.90. The van der Waals surface area contributed by atoms with Crippen LogP contribution in [0.4, 0.5) is 0 Å². The molecule has 0 bridgehead atoms. The van der Waals surface area contributed by atoms with Crippen molar-refractivity contribution >= 4 is 15.7 Å². The van der Waals surface area contributed by atoms with Gasteiger partial charge in [0.2, 0.25) is 5.91 Å². The Morgan fingerprint density at radius 1 is 1.18 bits per heavy atom. The molecule has 0 spiro atoms. The number of hydrogen-bond acceptors (Lipinski definition) is 7. The second-order valence-corrected chi connectivity index (χ2v) is 9.79. The first kappa shape index (κ1) is 24.9. The van der Waals surface area contributed by atoms with Crippen molar-refractivity contribution in [1.29, 1.82) is 0 Å². The molecule has 1 unspecified atom stereocenters. The Kier molecular flexibility index (Phi) is 7.69. The molecule has 3 aromatic rings. The lowest BCUT2D eigenvalue weighted by Gasteiger charge is -2.13. The fourth-order valence-corrected chi connectivity index (χ4v) is 4.21. The number of nitrogens with zero attached hydrogens (tertiary/aromatic N) is 2. The zero-order valence-electron chi connectivity index (χ0n) is 18.8. The zero-order valence-corrected chi connectivity index (χ0v) is 19.6. The molecule has 180 valence electrons. The summed E-state index contributed by atoms with van der Waals surface area (Å²) < 4.78 is 25.7. The summed E-state index contributed by atoms with van der Waals surface area (Å²) in [7, 11) is -3.31. The Hall–Kier alpha value is -3.70. The van der Waals surface area contributed by atoms with Gasteiger partial charge in [-0.1, -0.05) is 30.3 Å². The molecular weight excluding hydrogens is 460 g/mol. The van der Waals surface area contributed by atoms with Gasteiger partial charge in [0.15, 0.2) is 9.84 Å². The van der Waals surface area contributed by atoms with Crippen LogP contribution in [0.1, 0.15) is 11.3 Å². The highest BCUT2D eigenvalue weighted by Gasteiger charge is 2.18. The molecule has 0 fully saturated rings. The van der Waals surface area contributed by atoms with Crippen molar-refractivity contribution in [3.05, 3.63) is 82.0 Å². The van der Waals surface area contributed by atoms with Crippen LogP contribution in [0.3, 0.4) is 0 Å². The summed E-state index contributed by atoms with van der Waals surface area (Å²) in [6, 6.07) is 17.3. The molecule has 1 heterocycles. The molecule has 3 rings (SSSR count). The van der Waals surface area contributed by atoms with E-state index in [9.17, 15) is 23.3 Å². The third kappa shape index (κ3) is 6.00. The van der Waals surface area contributed by atoms with Crippen molar-refractivity contribution in [2.24, 2.45) is 5.73 Å². The van der Waals surface area contributed by atoms with Crippen molar-refractivity contribution in [2.75, 3.05) is 19.4 Å². The van der Waals surface area contributed by atoms with Crippen molar-refractivity contribution in [1.82, 2.24) is 9.88 Å². The van der Waals surface area contributed by atoms with Crippen molar-refractivity contribution in [3.8, 4) is 16.9 Å². The summed E-state index contributed by atoms with van der Waals surface area (Å²) >= 11 is 0. The number of nitrogens with one attached hydrogen (secondary N) is 1. The number of para-hydroxylation sites is 1. The maximum atomic E-state index is 12.1. The van der Waals surface area contributed by atoms with E-state index in [2.05, 4.69) is 14.7 Å². The maximum absolute atomic E-state index is 12.1. The van der Waals surface area contributed by atoms with Gasteiger partial charge in [0.25, 0.3) is 5.09 Å². The van der Waals surface area contributed by atoms with E-state index in [1.54, 1.807) is 24.3 Å². The van der Waals surface area contributed by atoms with Crippen LogP contribution in [-0.2, 0) is 25.9 Å². The molecule has 11 heteroatoms. The summed E-state index contributed by atoms with van der Waals surface area (Å²) in [5.74, 6) is -0.543.